The third-order valence-electron chi connectivity index (χ3n) is 2.81. The molecule has 0 fully saturated rings. The van der Waals surface area contributed by atoms with Crippen LogP contribution in [0.3, 0.4) is 0 Å². The Labute approximate surface area is 133 Å². The van der Waals surface area contributed by atoms with Crippen molar-refractivity contribution in [1.29, 1.82) is 5.26 Å². The lowest BCUT2D eigenvalue weighted by Crippen LogP contribution is -2.20. The van der Waals surface area contributed by atoms with Crippen molar-refractivity contribution >= 4 is 23.2 Å². The number of methoxy groups -OCH3 is 1. The number of rotatable bonds is 5. The number of anilines is 1. The van der Waals surface area contributed by atoms with Gasteiger partial charge in [0.2, 0.25) is 0 Å². The molecule has 0 atom stereocenters. The van der Waals surface area contributed by atoms with Crippen LogP contribution in [-0.2, 0) is 4.79 Å². The molecule has 1 amide bonds. The Morgan fingerprint density at radius 3 is 2.77 bits per heavy atom. The van der Waals surface area contributed by atoms with Gasteiger partial charge in [-0.05, 0) is 24.3 Å². The molecule has 0 saturated heterocycles. The summed E-state index contributed by atoms with van der Waals surface area (Å²) >= 11 is 5.98. The molecule has 0 bridgehead atoms. The maximum Gasteiger partial charge on any atom is 0.262 e. The molecule has 0 spiro atoms. The molecule has 112 valence electrons. The van der Waals surface area contributed by atoms with E-state index in [-0.39, 0.29) is 12.5 Å². The Balaban J connectivity index is 2.03. The molecule has 0 aliphatic carbocycles. The molecular weight excluding hydrogens is 304 g/mol. The lowest BCUT2D eigenvalue weighted by Gasteiger charge is -2.12. The second-order valence-corrected chi connectivity index (χ2v) is 4.67. The normalized spacial score (nSPS) is 9.68. The summed E-state index contributed by atoms with van der Waals surface area (Å²) in [7, 11) is 1.47. The van der Waals surface area contributed by atoms with Crippen LogP contribution in [0.25, 0.3) is 0 Å². The van der Waals surface area contributed by atoms with Crippen molar-refractivity contribution in [2.75, 3.05) is 19.0 Å². The third kappa shape index (κ3) is 3.68. The van der Waals surface area contributed by atoms with Gasteiger partial charge in [-0.2, -0.15) is 5.26 Å². The third-order valence-corrected chi connectivity index (χ3v) is 3.11. The number of para-hydroxylation sites is 2. The predicted octanol–water partition coefficient (Wildman–Crippen LogP) is 3.24. The second kappa shape index (κ2) is 7.34. The van der Waals surface area contributed by atoms with Crippen LogP contribution < -0.4 is 14.8 Å². The number of halogens is 1. The highest BCUT2D eigenvalue weighted by atomic mass is 35.5. The lowest BCUT2D eigenvalue weighted by atomic mass is 10.2. The number of nitrogens with zero attached hydrogens (tertiary/aromatic N) is 1. The van der Waals surface area contributed by atoms with Gasteiger partial charge in [0.25, 0.3) is 5.91 Å². The standard InChI is InChI=1S/C16H13ClN2O3/c1-21-16-12(17)6-4-7-13(16)19-15(20)10-22-14-8-3-2-5-11(14)9-18/h2-8H,10H2,1H3,(H,19,20). The van der Waals surface area contributed by atoms with Gasteiger partial charge in [0.15, 0.2) is 12.4 Å². The van der Waals surface area contributed by atoms with E-state index in [0.29, 0.717) is 27.8 Å². The zero-order valence-electron chi connectivity index (χ0n) is 11.8. The van der Waals surface area contributed by atoms with Gasteiger partial charge in [-0.1, -0.05) is 29.8 Å². The highest BCUT2D eigenvalue weighted by Crippen LogP contribution is 2.32. The highest BCUT2D eigenvalue weighted by Gasteiger charge is 2.11. The van der Waals surface area contributed by atoms with Gasteiger partial charge in [0, 0.05) is 0 Å². The Morgan fingerprint density at radius 1 is 1.27 bits per heavy atom. The highest BCUT2D eigenvalue weighted by molar-refractivity contribution is 6.32. The fourth-order valence-corrected chi connectivity index (χ4v) is 2.08. The number of nitrogens with one attached hydrogen (secondary N) is 1. The number of hydrogen-bond donors (Lipinski definition) is 1. The van der Waals surface area contributed by atoms with Crippen molar-refractivity contribution in [3.8, 4) is 17.6 Å². The van der Waals surface area contributed by atoms with E-state index >= 15 is 0 Å². The quantitative estimate of drug-likeness (QED) is 0.919. The molecular formula is C16H13ClN2O3. The van der Waals surface area contributed by atoms with Crippen molar-refractivity contribution < 1.29 is 14.3 Å². The zero-order valence-corrected chi connectivity index (χ0v) is 12.6. The van der Waals surface area contributed by atoms with Crippen LogP contribution in [0.15, 0.2) is 42.5 Å². The fourth-order valence-electron chi connectivity index (χ4n) is 1.83. The van der Waals surface area contributed by atoms with E-state index in [0.717, 1.165) is 0 Å². The minimum Gasteiger partial charge on any atom is -0.493 e. The monoisotopic (exact) mass is 316 g/mol. The number of amides is 1. The Morgan fingerprint density at radius 2 is 2.05 bits per heavy atom. The molecule has 2 aromatic carbocycles. The summed E-state index contributed by atoms with van der Waals surface area (Å²) in [6.45, 7) is -0.228. The van der Waals surface area contributed by atoms with Crippen LogP contribution in [0, 0.1) is 11.3 Å². The number of ether oxygens (including phenoxy) is 2. The van der Waals surface area contributed by atoms with Crippen molar-refractivity contribution in [3.63, 3.8) is 0 Å². The molecule has 0 aliphatic rings. The van der Waals surface area contributed by atoms with Crippen molar-refractivity contribution in [2.24, 2.45) is 0 Å². The van der Waals surface area contributed by atoms with Crippen molar-refractivity contribution in [2.45, 2.75) is 0 Å². The number of hydrogen-bond acceptors (Lipinski definition) is 4. The Kier molecular flexibility index (Phi) is 5.23. The topological polar surface area (TPSA) is 71.3 Å². The predicted molar refractivity (Wildman–Crippen MR) is 83.3 cm³/mol. The van der Waals surface area contributed by atoms with Crippen LogP contribution in [-0.4, -0.2) is 19.6 Å². The summed E-state index contributed by atoms with van der Waals surface area (Å²) < 4.78 is 10.5. The lowest BCUT2D eigenvalue weighted by molar-refractivity contribution is -0.118. The average Bonchev–Trinajstić information content (AvgIpc) is 2.53. The first kappa shape index (κ1) is 15.7. The summed E-state index contributed by atoms with van der Waals surface area (Å²) in [6, 6.07) is 13.7. The van der Waals surface area contributed by atoms with Crippen LogP contribution in [0.1, 0.15) is 5.56 Å². The maximum absolute atomic E-state index is 11.9. The Bertz CT molecular complexity index is 726. The Hall–Kier alpha value is -2.71. The van der Waals surface area contributed by atoms with E-state index in [4.69, 9.17) is 26.3 Å². The molecule has 0 saturated carbocycles. The number of benzene rings is 2. The largest absolute Gasteiger partial charge is 0.493 e. The van der Waals surface area contributed by atoms with E-state index in [2.05, 4.69) is 5.32 Å². The number of carbonyl (C=O) groups is 1. The van der Waals surface area contributed by atoms with Gasteiger partial charge in [-0.15, -0.1) is 0 Å². The summed E-state index contributed by atoms with van der Waals surface area (Å²) in [6.07, 6.45) is 0. The molecule has 22 heavy (non-hydrogen) atoms. The molecule has 0 radical (unpaired) electrons. The van der Waals surface area contributed by atoms with E-state index in [1.54, 1.807) is 42.5 Å². The zero-order chi connectivity index (χ0) is 15.9. The molecule has 5 nitrogen and oxygen atoms in total. The molecule has 2 rings (SSSR count). The van der Waals surface area contributed by atoms with Crippen molar-refractivity contribution in [3.05, 3.63) is 53.1 Å². The summed E-state index contributed by atoms with van der Waals surface area (Å²) in [5, 5.41) is 12.0. The van der Waals surface area contributed by atoms with E-state index in [1.807, 2.05) is 6.07 Å². The number of nitriles is 1. The summed E-state index contributed by atoms with van der Waals surface area (Å²) in [5.41, 5.74) is 0.827. The SMILES string of the molecule is COc1c(Cl)cccc1NC(=O)COc1ccccc1C#N. The molecule has 6 heteroatoms. The second-order valence-electron chi connectivity index (χ2n) is 4.27. The van der Waals surface area contributed by atoms with E-state index in [1.165, 1.54) is 7.11 Å². The van der Waals surface area contributed by atoms with Gasteiger partial charge >= 0.3 is 0 Å². The van der Waals surface area contributed by atoms with Gasteiger partial charge < -0.3 is 14.8 Å². The van der Waals surface area contributed by atoms with Gasteiger partial charge in [-0.3, -0.25) is 4.79 Å². The first-order valence-corrected chi connectivity index (χ1v) is 6.77. The van der Waals surface area contributed by atoms with Crippen LogP contribution in [0.2, 0.25) is 5.02 Å². The van der Waals surface area contributed by atoms with Gasteiger partial charge in [0.05, 0.1) is 23.4 Å². The fraction of sp³-hybridized carbons (Fsp3) is 0.125. The minimum atomic E-state index is -0.381. The van der Waals surface area contributed by atoms with Crippen LogP contribution >= 0.6 is 11.6 Å². The van der Waals surface area contributed by atoms with Gasteiger partial charge in [-0.25, -0.2) is 0 Å². The molecule has 2 aromatic rings. The minimum absolute atomic E-state index is 0.228. The van der Waals surface area contributed by atoms with Crippen molar-refractivity contribution in [1.82, 2.24) is 0 Å². The van der Waals surface area contributed by atoms with Gasteiger partial charge in [0.1, 0.15) is 11.8 Å². The summed E-state index contributed by atoms with van der Waals surface area (Å²) in [4.78, 5) is 11.9. The molecule has 1 N–H and O–H groups in total. The van der Waals surface area contributed by atoms with E-state index in [9.17, 15) is 4.79 Å². The van der Waals surface area contributed by atoms with Crippen LogP contribution in [0.4, 0.5) is 5.69 Å². The number of carbonyl (C=O) groups excluding carboxylic acids is 1. The van der Waals surface area contributed by atoms with Crippen LogP contribution in [0.5, 0.6) is 11.5 Å². The molecule has 0 heterocycles. The first-order valence-electron chi connectivity index (χ1n) is 6.40. The average molecular weight is 317 g/mol. The maximum atomic E-state index is 11.9. The molecule has 0 aromatic heterocycles. The smallest absolute Gasteiger partial charge is 0.262 e. The molecule has 0 unspecified atom stereocenters. The first-order chi connectivity index (χ1) is 10.7. The van der Waals surface area contributed by atoms with E-state index < -0.39 is 0 Å². The summed E-state index contributed by atoms with van der Waals surface area (Å²) in [5.74, 6) is 0.362. The molecule has 0 aliphatic heterocycles.